The van der Waals surface area contributed by atoms with Crippen molar-refractivity contribution in [3.8, 4) is 27.9 Å². The predicted octanol–water partition coefficient (Wildman–Crippen LogP) is 18.8. The first-order valence-electron chi connectivity index (χ1n) is 24.6. The zero-order valence-electron chi connectivity index (χ0n) is 39.0. The molecule has 0 bridgehead atoms. The Hall–Kier alpha value is -9.24. The van der Waals surface area contributed by atoms with E-state index in [0.29, 0.717) is 0 Å². The van der Waals surface area contributed by atoms with E-state index in [1.807, 2.05) is 0 Å². The molecule has 332 valence electrons. The smallest absolute Gasteiger partial charge is 0.0553 e. The lowest BCUT2D eigenvalue weighted by Crippen LogP contribution is -2.10. The van der Waals surface area contributed by atoms with Gasteiger partial charge in [-0.2, -0.15) is 0 Å². The molecule has 14 aromatic rings. The van der Waals surface area contributed by atoms with E-state index in [0.717, 1.165) is 28.3 Å². The van der Waals surface area contributed by atoms with Gasteiger partial charge < -0.3 is 9.47 Å². The maximum absolute atomic E-state index is 2.49. The van der Waals surface area contributed by atoms with E-state index < -0.39 is 0 Å². The summed E-state index contributed by atoms with van der Waals surface area (Å²) in [4.78, 5) is 2.38. The number of anilines is 3. The van der Waals surface area contributed by atoms with Crippen molar-refractivity contribution in [3.63, 3.8) is 0 Å². The van der Waals surface area contributed by atoms with Gasteiger partial charge >= 0.3 is 0 Å². The Kier molecular flexibility index (Phi) is 9.63. The van der Waals surface area contributed by atoms with Gasteiger partial charge in [0, 0.05) is 39.4 Å². The third-order valence-corrected chi connectivity index (χ3v) is 14.8. The first-order chi connectivity index (χ1) is 35.2. The van der Waals surface area contributed by atoms with E-state index in [-0.39, 0.29) is 5.92 Å². The second-order valence-corrected chi connectivity index (χ2v) is 18.9. The molecule has 0 amide bonds. The molecule has 2 heteroatoms. The van der Waals surface area contributed by atoms with E-state index in [9.17, 15) is 0 Å². The lowest BCUT2D eigenvalue weighted by atomic mass is 9.85. The Morgan fingerprint density at radius 1 is 0.268 bits per heavy atom. The summed E-state index contributed by atoms with van der Waals surface area (Å²) < 4.78 is 2.49. The summed E-state index contributed by atoms with van der Waals surface area (Å²) in [6, 6.07) is 100. The maximum atomic E-state index is 2.49. The van der Waals surface area contributed by atoms with Crippen LogP contribution in [0.5, 0.6) is 0 Å². The van der Waals surface area contributed by atoms with Gasteiger partial charge in [-0.1, -0.05) is 212 Å². The number of hydrogen-bond acceptors (Lipinski definition) is 1. The van der Waals surface area contributed by atoms with Crippen molar-refractivity contribution in [1.82, 2.24) is 4.57 Å². The minimum Gasteiger partial charge on any atom is -0.311 e. The third kappa shape index (κ3) is 6.95. The average Bonchev–Trinajstić information content (AvgIpc) is 3.77. The molecule has 0 radical (unpaired) electrons. The number of rotatable bonds is 9. The molecule has 0 N–H and O–H groups in total. The van der Waals surface area contributed by atoms with Crippen molar-refractivity contribution in [1.29, 1.82) is 0 Å². The van der Waals surface area contributed by atoms with Crippen LogP contribution in [-0.4, -0.2) is 4.57 Å². The zero-order chi connectivity index (χ0) is 46.8. The quantitative estimate of drug-likeness (QED) is 0.103. The highest BCUT2D eigenvalue weighted by molar-refractivity contribution is 6.33. The molecule has 14 rings (SSSR count). The molecule has 71 heavy (non-hydrogen) atoms. The highest BCUT2D eigenvalue weighted by Crippen LogP contribution is 2.45. The molecular weight excluding hydrogens is 857 g/mol. The standard InChI is InChI=1S/C69H46N2/c1-4-13-46(14-5-1)48-25-34-58(35-26-48)70(60-38-30-54(31-39-60)66(50-16-6-2-7-17-50)51-18-8-3-9-19-51)59-36-27-49(28-37-59)56-33-41-62-64(44-56)71(61-40-29-47-15-10-11-20-55(47)43-61)65-45-57-24-23-52-21-12-22-53-32-42-63(69(62)65)68(57)67(52)53/h1-45,66H. The fourth-order valence-electron chi connectivity index (χ4n) is 11.5. The van der Waals surface area contributed by atoms with Crippen molar-refractivity contribution in [2.45, 2.75) is 5.92 Å². The van der Waals surface area contributed by atoms with E-state index in [2.05, 4.69) is 282 Å². The number of hydrogen-bond donors (Lipinski definition) is 0. The minimum absolute atomic E-state index is 0.119. The Labute approximate surface area is 412 Å². The molecule has 0 unspecified atom stereocenters. The van der Waals surface area contributed by atoms with Gasteiger partial charge in [0.25, 0.3) is 0 Å². The molecule has 2 nitrogen and oxygen atoms in total. The largest absolute Gasteiger partial charge is 0.311 e. The summed E-state index contributed by atoms with van der Waals surface area (Å²) in [6.45, 7) is 0. The van der Waals surface area contributed by atoms with E-state index >= 15 is 0 Å². The van der Waals surface area contributed by atoms with Crippen molar-refractivity contribution in [3.05, 3.63) is 290 Å². The molecular formula is C69H46N2. The fraction of sp³-hybridized carbons (Fsp3) is 0.0145. The third-order valence-electron chi connectivity index (χ3n) is 14.8. The lowest BCUT2D eigenvalue weighted by Gasteiger charge is -2.27. The van der Waals surface area contributed by atoms with Crippen LogP contribution in [0.15, 0.2) is 273 Å². The Morgan fingerprint density at radius 2 is 0.746 bits per heavy atom. The Bertz CT molecular complexity index is 4180. The van der Waals surface area contributed by atoms with Gasteiger partial charge in [0.1, 0.15) is 0 Å². The summed E-state index contributed by atoms with van der Waals surface area (Å²) in [5, 5.41) is 12.8. The molecule has 1 aromatic heterocycles. The van der Waals surface area contributed by atoms with E-state index in [4.69, 9.17) is 0 Å². The van der Waals surface area contributed by atoms with Gasteiger partial charge in [0.05, 0.1) is 11.0 Å². The van der Waals surface area contributed by atoms with Crippen molar-refractivity contribution < 1.29 is 0 Å². The molecule has 0 saturated carbocycles. The predicted molar refractivity (Wildman–Crippen MR) is 301 cm³/mol. The highest BCUT2D eigenvalue weighted by Gasteiger charge is 2.22. The fourth-order valence-corrected chi connectivity index (χ4v) is 11.5. The monoisotopic (exact) mass is 902 g/mol. The van der Waals surface area contributed by atoms with Crippen LogP contribution >= 0.6 is 0 Å². The van der Waals surface area contributed by atoms with E-state index in [1.54, 1.807) is 0 Å². The molecule has 0 atom stereocenters. The van der Waals surface area contributed by atoms with Crippen molar-refractivity contribution >= 4 is 82.0 Å². The van der Waals surface area contributed by atoms with Crippen LogP contribution in [-0.2, 0) is 0 Å². The number of nitrogens with zero attached hydrogens (tertiary/aromatic N) is 2. The van der Waals surface area contributed by atoms with Crippen LogP contribution in [0.4, 0.5) is 17.1 Å². The molecule has 0 spiro atoms. The van der Waals surface area contributed by atoms with Crippen LogP contribution in [0.25, 0.3) is 92.8 Å². The maximum Gasteiger partial charge on any atom is 0.0553 e. The van der Waals surface area contributed by atoms with Crippen LogP contribution in [0.2, 0.25) is 0 Å². The van der Waals surface area contributed by atoms with E-state index in [1.165, 1.54) is 98.3 Å². The Morgan fingerprint density at radius 3 is 1.41 bits per heavy atom. The average molecular weight is 903 g/mol. The van der Waals surface area contributed by atoms with Crippen LogP contribution < -0.4 is 4.90 Å². The van der Waals surface area contributed by atoms with Crippen molar-refractivity contribution in [2.24, 2.45) is 0 Å². The first-order valence-corrected chi connectivity index (χ1v) is 24.6. The summed E-state index contributed by atoms with van der Waals surface area (Å²) in [6.07, 6.45) is 0. The molecule has 0 aliphatic rings. The van der Waals surface area contributed by atoms with Crippen LogP contribution in [0.1, 0.15) is 22.6 Å². The minimum atomic E-state index is 0.119. The summed E-state index contributed by atoms with van der Waals surface area (Å²) in [5.41, 5.74) is 15.4. The molecule has 1 heterocycles. The number of benzene rings is 13. The summed E-state index contributed by atoms with van der Waals surface area (Å²) in [5.74, 6) is 0.119. The second kappa shape index (κ2) is 16.8. The second-order valence-electron chi connectivity index (χ2n) is 18.9. The first kappa shape index (κ1) is 40.8. The molecule has 0 aliphatic carbocycles. The number of aromatic nitrogens is 1. The molecule has 13 aromatic carbocycles. The van der Waals surface area contributed by atoms with Crippen molar-refractivity contribution in [2.75, 3.05) is 4.90 Å². The van der Waals surface area contributed by atoms with Gasteiger partial charge in [0.2, 0.25) is 0 Å². The Balaban J connectivity index is 0.900. The van der Waals surface area contributed by atoms with Gasteiger partial charge in [-0.15, -0.1) is 0 Å². The lowest BCUT2D eigenvalue weighted by molar-refractivity contribution is 0.977. The summed E-state index contributed by atoms with van der Waals surface area (Å²) in [7, 11) is 0. The molecule has 0 fully saturated rings. The van der Waals surface area contributed by atoms with Gasteiger partial charge in [-0.25, -0.2) is 0 Å². The molecule has 0 aliphatic heterocycles. The normalized spacial score (nSPS) is 11.8. The SMILES string of the molecule is c1ccc(-c2ccc(N(c3ccc(-c4ccc5c6c7ccc8cccc9ccc(cc6n(-c6ccc%10ccccc%10c6)c5c4)c7c98)cc3)c3ccc(C(c4ccccc4)c4ccccc4)cc3)cc2)cc1. The summed E-state index contributed by atoms with van der Waals surface area (Å²) >= 11 is 0. The molecule has 0 saturated heterocycles. The van der Waals surface area contributed by atoms with Crippen LogP contribution in [0, 0.1) is 0 Å². The number of fused-ring (bicyclic) bond motifs is 5. The van der Waals surface area contributed by atoms with Gasteiger partial charge in [0.15, 0.2) is 0 Å². The topological polar surface area (TPSA) is 8.17 Å². The highest BCUT2D eigenvalue weighted by atomic mass is 15.1. The zero-order valence-corrected chi connectivity index (χ0v) is 39.0. The van der Waals surface area contributed by atoms with Gasteiger partial charge in [-0.05, 0) is 143 Å². The van der Waals surface area contributed by atoms with Gasteiger partial charge in [-0.3, -0.25) is 0 Å². The van der Waals surface area contributed by atoms with Crippen LogP contribution in [0.3, 0.4) is 0 Å².